The van der Waals surface area contributed by atoms with Gasteiger partial charge in [0.05, 0.1) is 0 Å². The second-order valence-corrected chi connectivity index (χ2v) is 0.305. The van der Waals surface area contributed by atoms with E-state index in [2.05, 4.69) is 0 Å². The Balaban J connectivity index is 0. The van der Waals surface area contributed by atoms with Crippen molar-refractivity contribution in [2.24, 2.45) is 0 Å². The molecule has 0 saturated heterocycles. The zero-order valence-corrected chi connectivity index (χ0v) is 4.86. The van der Waals surface area contributed by atoms with Crippen LogP contribution in [-0.2, 0) is 4.79 Å². The van der Waals surface area contributed by atoms with E-state index in [0.29, 0.717) is 0 Å². The Hall–Kier alpha value is 0.470. The first-order chi connectivity index (χ1) is 2.94. The van der Waals surface area contributed by atoms with E-state index >= 15 is 0 Å². The summed E-state index contributed by atoms with van der Waals surface area (Å²) < 4.78 is 18.4. The molecular formula is C2H4NaO2. The molecule has 0 spiro atoms. The molecule has 0 aromatic carbocycles. The molecule has 0 saturated carbocycles. The Morgan fingerprint density at radius 2 is 2.40 bits per heavy atom. The minimum Gasteiger partial charge on any atom is -0.481 e. The zero-order chi connectivity index (χ0) is 6.08. The minimum absolute atomic E-state index is 0. The van der Waals surface area contributed by atoms with E-state index < -0.39 is 12.8 Å². The van der Waals surface area contributed by atoms with E-state index in [0.717, 1.165) is 0 Å². The Morgan fingerprint density at radius 1 is 2.20 bits per heavy atom. The van der Waals surface area contributed by atoms with Gasteiger partial charge in [-0.25, -0.2) is 0 Å². The number of carboxylic acids is 1. The first kappa shape index (κ1) is 2.61. The van der Waals surface area contributed by atoms with Gasteiger partial charge in [0.15, 0.2) is 0 Å². The van der Waals surface area contributed by atoms with Gasteiger partial charge in [0.25, 0.3) is 5.97 Å². The van der Waals surface area contributed by atoms with Crippen LogP contribution in [0.1, 0.15) is 11.0 Å². The van der Waals surface area contributed by atoms with Crippen LogP contribution in [0, 0.1) is 0 Å². The predicted octanol–water partition coefficient (Wildman–Crippen LogP) is -0.290. The monoisotopic (exact) mass is 89.0 g/mol. The third kappa shape index (κ3) is 123. The van der Waals surface area contributed by atoms with Gasteiger partial charge in [-0.2, -0.15) is 0 Å². The van der Waals surface area contributed by atoms with Crippen LogP contribution >= 0.6 is 0 Å². The van der Waals surface area contributed by atoms with Gasteiger partial charge in [0.1, 0.15) is 0 Å². The maximum atomic E-state index is 9.46. The Kier molecular flexibility index (Phi) is 2.33. The summed E-state index contributed by atoms with van der Waals surface area (Å²) in [6.07, 6.45) is 0. The molecule has 0 amide bonds. The summed E-state index contributed by atoms with van der Waals surface area (Å²) in [4.78, 5) is 9.46. The maximum Gasteiger partial charge on any atom is 0.300 e. The van der Waals surface area contributed by atoms with E-state index in [1.807, 2.05) is 0 Å². The fourth-order valence-corrected chi connectivity index (χ4v) is 0. The molecule has 5 heavy (non-hydrogen) atoms. The van der Waals surface area contributed by atoms with Crippen LogP contribution in [0.2, 0.25) is 0 Å². The van der Waals surface area contributed by atoms with Crippen molar-refractivity contribution < 1.29 is 14.0 Å². The van der Waals surface area contributed by atoms with Gasteiger partial charge >= 0.3 is 0 Å². The van der Waals surface area contributed by atoms with Gasteiger partial charge < -0.3 is 5.11 Å². The van der Waals surface area contributed by atoms with Crippen LogP contribution in [0.15, 0.2) is 0 Å². The molecule has 1 radical (unpaired) electrons. The number of carboxylic acid groups (broad SMARTS) is 1. The van der Waals surface area contributed by atoms with E-state index in [1.165, 1.54) is 0 Å². The first-order valence-electron chi connectivity index (χ1n) is 2.18. The van der Waals surface area contributed by atoms with Crippen LogP contribution in [0.4, 0.5) is 0 Å². The largest absolute Gasteiger partial charge is 0.481 e. The summed E-state index contributed by atoms with van der Waals surface area (Å²) in [6, 6.07) is 0. The molecule has 0 rings (SSSR count). The summed E-state index contributed by atoms with van der Waals surface area (Å²) in [5, 5.41) is 7.69. The molecule has 0 heterocycles. The van der Waals surface area contributed by atoms with Crippen LogP contribution < -0.4 is 0 Å². The molecule has 0 aromatic rings. The summed E-state index contributed by atoms with van der Waals surface area (Å²) in [5.41, 5.74) is 0. The normalized spacial score (nSPS) is 16.4. The van der Waals surface area contributed by atoms with Gasteiger partial charge in [-0.1, -0.05) is 0 Å². The smallest absolute Gasteiger partial charge is 0.300 e. The summed E-state index contributed by atoms with van der Waals surface area (Å²) >= 11 is 0. The molecule has 0 fully saturated rings. The van der Waals surface area contributed by atoms with Crippen LogP contribution in [0.25, 0.3) is 0 Å². The van der Waals surface area contributed by atoms with Gasteiger partial charge in [0, 0.05) is 40.5 Å². The van der Waals surface area contributed by atoms with Gasteiger partial charge in [-0.3, -0.25) is 4.79 Å². The van der Waals surface area contributed by atoms with Crippen molar-refractivity contribution in [2.45, 2.75) is 6.85 Å². The molecule has 1 N–H and O–H groups in total. The fourth-order valence-electron chi connectivity index (χ4n) is 0. The van der Waals surface area contributed by atoms with Gasteiger partial charge in [0.2, 0.25) is 0 Å². The van der Waals surface area contributed by atoms with Crippen molar-refractivity contribution in [1.29, 1.82) is 0 Å². The standard InChI is InChI=1S/C2H4O2.Na/c1-2(3)4;/h1H3,(H,3,4);/i1T3;. The van der Waals surface area contributed by atoms with Crippen LogP contribution in [0.5, 0.6) is 0 Å². The van der Waals surface area contributed by atoms with Crippen LogP contribution in [-0.4, -0.2) is 40.6 Å². The molecule has 0 bridgehead atoms. The van der Waals surface area contributed by atoms with Gasteiger partial charge in [-0.05, 0) is 0 Å². The minimum atomic E-state index is -2.83. The van der Waals surface area contributed by atoms with E-state index in [-0.39, 0.29) is 29.6 Å². The number of carbonyl (C=O) groups is 1. The summed E-state index contributed by atoms with van der Waals surface area (Å²) in [7, 11) is 0. The molecule has 2 nitrogen and oxygen atoms in total. The second kappa shape index (κ2) is 4.47. The third-order valence-electron chi connectivity index (χ3n) is 0. The number of hydrogen-bond acceptors (Lipinski definition) is 1. The first-order valence-corrected chi connectivity index (χ1v) is 0.678. The molecule has 3 heteroatoms. The van der Waals surface area contributed by atoms with Gasteiger partial charge in [-0.15, -0.1) is 0 Å². The molecule has 0 aromatic heterocycles. The average molecular weight is 89.1 g/mol. The Labute approximate surface area is 56.7 Å². The second-order valence-electron chi connectivity index (χ2n) is 0.305. The van der Waals surface area contributed by atoms with E-state index in [9.17, 15) is 4.79 Å². The van der Waals surface area contributed by atoms with Crippen molar-refractivity contribution in [3.63, 3.8) is 0 Å². The van der Waals surface area contributed by atoms with Crippen molar-refractivity contribution in [3.05, 3.63) is 0 Å². The van der Waals surface area contributed by atoms with Crippen molar-refractivity contribution in [1.82, 2.24) is 0 Å². The molecule has 0 aliphatic heterocycles. The zero-order valence-electron chi connectivity index (χ0n) is 5.86. The average Bonchev–Trinajstić information content (AvgIpc) is 1.31. The Morgan fingerprint density at radius 3 is 2.40 bits per heavy atom. The number of rotatable bonds is 0. The predicted molar refractivity (Wildman–Crippen MR) is 19.1 cm³/mol. The van der Waals surface area contributed by atoms with Crippen LogP contribution in [0.3, 0.4) is 0 Å². The summed E-state index contributed by atoms with van der Waals surface area (Å²) in [5.74, 6) is -1.76. The van der Waals surface area contributed by atoms with E-state index in [1.54, 1.807) is 0 Å². The van der Waals surface area contributed by atoms with Crippen molar-refractivity contribution in [2.75, 3.05) is 0 Å². The third-order valence-corrected chi connectivity index (χ3v) is 0. The molecule has 25 valence electrons. The molecule has 0 aliphatic carbocycles. The number of aliphatic carboxylic acids is 1. The number of hydrogen-bond donors (Lipinski definition) is 1. The van der Waals surface area contributed by atoms with E-state index in [4.69, 9.17) is 9.22 Å². The molecule has 0 aliphatic rings. The SMILES string of the molecule is [3H]C([3H])([3H])C(=O)O.[Na]. The molecular weight excluding hydrogens is 79.0 g/mol. The molecule has 0 unspecified atom stereocenters. The molecule has 0 atom stereocenters. The quantitative estimate of drug-likeness (QED) is 0.414. The topological polar surface area (TPSA) is 37.3 Å². The van der Waals surface area contributed by atoms with Crippen molar-refractivity contribution >= 4 is 35.5 Å². The van der Waals surface area contributed by atoms with Crippen molar-refractivity contribution in [3.8, 4) is 0 Å². The summed E-state index contributed by atoms with van der Waals surface area (Å²) in [6.45, 7) is -2.83. The maximum absolute atomic E-state index is 9.46. The fraction of sp³-hybridized carbons (Fsp3) is 0.500. The Bertz CT molecular complexity index is 87.8.